The first-order valence-corrected chi connectivity index (χ1v) is 11.0. The van der Waals surface area contributed by atoms with E-state index in [1.54, 1.807) is 6.33 Å². The minimum Gasteiger partial charge on any atom is -0.356 e. The highest BCUT2D eigenvalue weighted by molar-refractivity contribution is 7.19. The van der Waals surface area contributed by atoms with Crippen LogP contribution < -0.4 is 4.90 Å². The molecule has 5 heterocycles. The van der Waals surface area contributed by atoms with Crippen LogP contribution in [0.25, 0.3) is 15.9 Å². The molecule has 1 aliphatic heterocycles. The summed E-state index contributed by atoms with van der Waals surface area (Å²) in [5.41, 5.74) is 2.45. The lowest BCUT2D eigenvalue weighted by atomic mass is 9.94. The number of hydrogen-bond acceptors (Lipinski definition) is 6. The zero-order valence-electron chi connectivity index (χ0n) is 15.7. The number of thiophene rings is 1. The van der Waals surface area contributed by atoms with Gasteiger partial charge in [-0.15, -0.1) is 21.5 Å². The average molecular weight is 391 g/mol. The number of hydrogen-bond donors (Lipinski definition) is 0. The molecular weight excluding hydrogens is 368 g/mol. The van der Waals surface area contributed by atoms with Crippen molar-refractivity contribution in [2.24, 2.45) is 0 Å². The van der Waals surface area contributed by atoms with E-state index in [0.29, 0.717) is 5.92 Å². The fourth-order valence-corrected chi connectivity index (χ4v) is 6.02. The van der Waals surface area contributed by atoms with Gasteiger partial charge in [0.2, 0.25) is 0 Å². The van der Waals surface area contributed by atoms with E-state index in [0.717, 1.165) is 43.2 Å². The molecule has 0 unspecified atom stereocenters. The molecule has 0 bridgehead atoms. The van der Waals surface area contributed by atoms with Crippen molar-refractivity contribution in [2.75, 3.05) is 18.0 Å². The van der Waals surface area contributed by atoms with Crippen LogP contribution in [0.4, 0.5) is 5.82 Å². The van der Waals surface area contributed by atoms with Crippen LogP contribution in [0.1, 0.15) is 47.9 Å². The van der Waals surface area contributed by atoms with Gasteiger partial charge in [0.05, 0.1) is 5.39 Å². The average Bonchev–Trinajstić information content (AvgIpc) is 3.35. The SMILES string of the molecule is c1ccn2c(C3CCN(c4ncnc5sc6c(c45)CCCC6)CC3)nnc2c1. The van der Waals surface area contributed by atoms with Crippen molar-refractivity contribution in [2.45, 2.75) is 44.4 Å². The highest BCUT2D eigenvalue weighted by Crippen LogP contribution is 2.40. The van der Waals surface area contributed by atoms with Crippen molar-refractivity contribution < 1.29 is 0 Å². The highest BCUT2D eigenvalue weighted by Gasteiger charge is 2.28. The lowest BCUT2D eigenvalue weighted by molar-refractivity contribution is 0.481. The molecule has 1 saturated heterocycles. The maximum absolute atomic E-state index is 4.74. The van der Waals surface area contributed by atoms with Gasteiger partial charge in [0.1, 0.15) is 22.8 Å². The molecule has 0 spiro atoms. The van der Waals surface area contributed by atoms with Crippen LogP contribution in [0.3, 0.4) is 0 Å². The lowest BCUT2D eigenvalue weighted by Gasteiger charge is -2.32. The molecule has 28 heavy (non-hydrogen) atoms. The van der Waals surface area contributed by atoms with Crippen LogP contribution >= 0.6 is 11.3 Å². The smallest absolute Gasteiger partial charge is 0.160 e. The topological polar surface area (TPSA) is 59.2 Å². The molecule has 0 amide bonds. The van der Waals surface area contributed by atoms with Gasteiger partial charge < -0.3 is 4.90 Å². The second kappa shape index (κ2) is 6.51. The minimum atomic E-state index is 0.447. The van der Waals surface area contributed by atoms with E-state index in [1.165, 1.54) is 46.3 Å². The van der Waals surface area contributed by atoms with Crippen LogP contribution in [-0.4, -0.2) is 37.7 Å². The first-order chi connectivity index (χ1) is 13.9. The van der Waals surface area contributed by atoms with Gasteiger partial charge in [-0.3, -0.25) is 4.40 Å². The summed E-state index contributed by atoms with van der Waals surface area (Å²) in [4.78, 5) is 14.5. The number of fused-ring (bicyclic) bond motifs is 4. The highest BCUT2D eigenvalue weighted by atomic mass is 32.1. The number of piperidine rings is 1. The normalized spacial score (nSPS) is 18.1. The molecule has 1 aliphatic carbocycles. The Bertz CT molecular complexity index is 1150. The van der Waals surface area contributed by atoms with E-state index < -0.39 is 0 Å². The summed E-state index contributed by atoms with van der Waals surface area (Å²) in [6, 6.07) is 6.08. The molecule has 0 N–H and O–H groups in total. The van der Waals surface area contributed by atoms with Gasteiger partial charge in [-0.25, -0.2) is 9.97 Å². The van der Waals surface area contributed by atoms with Crippen LogP contribution in [0.15, 0.2) is 30.7 Å². The fraction of sp³-hybridized carbons (Fsp3) is 0.429. The summed E-state index contributed by atoms with van der Waals surface area (Å²) in [5, 5.41) is 10.1. The van der Waals surface area contributed by atoms with Gasteiger partial charge >= 0.3 is 0 Å². The Morgan fingerprint density at radius 3 is 2.82 bits per heavy atom. The van der Waals surface area contributed by atoms with Gasteiger partial charge in [0.25, 0.3) is 0 Å². The molecule has 6 nitrogen and oxygen atoms in total. The van der Waals surface area contributed by atoms with E-state index in [-0.39, 0.29) is 0 Å². The van der Waals surface area contributed by atoms with Crippen LogP contribution in [-0.2, 0) is 12.8 Å². The summed E-state index contributed by atoms with van der Waals surface area (Å²) >= 11 is 1.88. The first-order valence-electron chi connectivity index (χ1n) is 10.2. The summed E-state index contributed by atoms with van der Waals surface area (Å²) in [6.45, 7) is 2.01. The molecular formula is C21H22N6S. The molecule has 0 radical (unpaired) electrons. The van der Waals surface area contributed by atoms with Crippen molar-refractivity contribution in [1.82, 2.24) is 24.6 Å². The predicted molar refractivity (Wildman–Crippen MR) is 111 cm³/mol. The number of aromatic nitrogens is 5. The standard InChI is InChI=1S/C21H22N6S/c1-2-6-16-15(5-1)18-20(22-13-23-21(18)28-16)26-11-8-14(9-12-26)19-25-24-17-7-3-4-10-27(17)19/h3-4,7,10,13-14H,1-2,5-6,8-9,11-12H2. The monoisotopic (exact) mass is 390 g/mol. The van der Waals surface area contributed by atoms with Crippen molar-refractivity contribution in [3.8, 4) is 0 Å². The summed E-state index contributed by atoms with van der Waals surface area (Å²) in [5.74, 6) is 2.69. The van der Waals surface area contributed by atoms with E-state index in [2.05, 4.69) is 30.7 Å². The van der Waals surface area contributed by atoms with Crippen molar-refractivity contribution in [3.05, 3.63) is 47.0 Å². The Kier molecular flexibility index (Phi) is 3.82. The zero-order valence-corrected chi connectivity index (χ0v) is 16.5. The third kappa shape index (κ3) is 2.53. The van der Waals surface area contributed by atoms with Crippen molar-refractivity contribution >= 4 is 33.0 Å². The predicted octanol–water partition coefficient (Wildman–Crippen LogP) is 4.00. The molecule has 6 rings (SSSR count). The van der Waals surface area contributed by atoms with E-state index >= 15 is 0 Å². The lowest BCUT2D eigenvalue weighted by Crippen LogP contribution is -2.34. The second-order valence-corrected chi connectivity index (χ2v) is 8.92. The minimum absolute atomic E-state index is 0.447. The third-order valence-corrected chi connectivity index (χ3v) is 7.43. The maximum atomic E-state index is 4.74. The molecule has 2 aliphatic rings. The van der Waals surface area contributed by atoms with Crippen molar-refractivity contribution in [3.63, 3.8) is 0 Å². The number of anilines is 1. The van der Waals surface area contributed by atoms with Crippen LogP contribution in [0.5, 0.6) is 0 Å². The number of pyridine rings is 1. The largest absolute Gasteiger partial charge is 0.356 e. The third-order valence-electron chi connectivity index (χ3n) is 6.23. The first kappa shape index (κ1) is 16.4. The van der Waals surface area contributed by atoms with Gasteiger partial charge in [0, 0.05) is 30.1 Å². The van der Waals surface area contributed by atoms with Gasteiger partial charge in [-0.2, -0.15) is 0 Å². The molecule has 0 aromatic carbocycles. The molecule has 4 aromatic heterocycles. The molecule has 7 heteroatoms. The van der Waals surface area contributed by atoms with Gasteiger partial charge in [-0.1, -0.05) is 6.07 Å². The second-order valence-electron chi connectivity index (χ2n) is 7.84. The molecule has 142 valence electrons. The number of nitrogens with zero attached hydrogens (tertiary/aromatic N) is 6. The van der Waals surface area contributed by atoms with Gasteiger partial charge in [0.15, 0.2) is 5.65 Å². The van der Waals surface area contributed by atoms with E-state index in [9.17, 15) is 0 Å². The Balaban J connectivity index is 1.30. The molecule has 0 atom stereocenters. The number of aryl methyl sites for hydroxylation is 2. The van der Waals surface area contributed by atoms with Crippen LogP contribution in [0.2, 0.25) is 0 Å². The number of rotatable bonds is 2. The Morgan fingerprint density at radius 2 is 1.89 bits per heavy atom. The van der Waals surface area contributed by atoms with E-state index in [1.807, 2.05) is 29.5 Å². The Morgan fingerprint density at radius 1 is 1.00 bits per heavy atom. The quantitative estimate of drug-likeness (QED) is 0.518. The Hall–Kier alpha value is -2.54. The molecule has 1 fully saturated rings. The van der Waals surface area contributed by atoms with E-state index in [4.69, 9.17) is 4.98 Å². The summed E-state index contributed by atoms with van der Waals surface area (Å²) in [6.07, 6.45) is 11.0. The summed E-state index contributed by atoms with van der Waals surface area (Å²) in [7, 11) is 0. The van der Waals surface area contributed by atoms with Crippen molar-refractivity contribution in [1.29, 1.82) is 0 Å². The Labute approximate surface area is 167 Å². The van der Waals surface area contributed by atoms with Crippen LogP contribution in [0, 0.1) is 0 Å². The summed E-state index contributed by atoms with van der Waals surface area (Å²) < 4.78 is 2.14. The molecule has 0 saturated carbocycles. The maximum Gasteiger partial charge on any atom is 0.160 e. The zero-order chi connectivity index (χ0) is 18.5. The fourth-order valence-electron chi connectivity index (χ4n) is 4.80. The van der Waals surface area contributed by atoms with Gasteiger partial charge in [-0.05, 0) is 56.2 Å². The molecule has 4 aromatic rings.